The predicted molar refractivity (Wildman–Crippen MR) is 457 cm³/mol. The number of carboxylic acids is 1. The molecular weight excluding hydrogens is 1690 g/mol. The average Bonchev–Trinajstić information content (AvgIpc) is 1.61. The van der Waals surface area contributed by atoms with Crippen molar-refractivity contribution in [2.45, 2.75) is 329 Å². The van der Waals surface area contributed by atoms with Gasteiger partial charge in [-0.05, 0) is 163 Å². The molecule has 5 aliphatic rings. The number of carbonyl (C=O) groups excluding carboxylic acids is 6. The molecule has 2 unspecified atom stereocenters. The number of aromatic nitrogens is 8. The number of nitrogens with zero attached hydrogens (tertiary/aromatic N) is 8. The summed E-state index contributed by atoms with van der Waals surface area (Å²) >= 11 is 9.59. The molecule has 8 aromatic heterocycles. The van der Waals surface area contributed by atoms with E-state index < -0.39 is 42.0 Å². The Kier molecular flexibility index (Phi) is 36.1. The Morgan fingerprint density at radius 1 is 0.508 bits per heavy atom. The summed E-state index contributed by atoms with van der Waals surface area (Å²) in [5.41, 5.74) is 7.61. The molecule has 4 N–H and O–H groups in total. The van der Waals surface area contributed by atoms with Gasteiger partial charge in [-0.1, -0.05) is 161 Å². The second-order valence-corrected chi connectivity index (χ2v) is 39.1. The number of aryl methyl sites for hydroxylation is 5. The van der Waals surface area contributed by atoms with E-state index in [1.165, 1.54) is 12.8 Å². The zero-order valence-corrected chi connectivity index (χ0v) is 79.6. The Morgan fingerprint density at radius 2 is 0.895 bits per heavy atom. The second-order valence-electron chi connectivity index (χ2n) is 37.9. The van der Waals surface area contributed by atoms with E-state index in [-0.39, 0.29) is 169 Å². The van der Waals surface area contributed by atoms with Crippen molar-refractivity contribution in [3.05, 3.63) is 171 Å². The quantitative estimate of drug-likeness (QED) is 0.0222. The summed E-state index contributed by atoms with van der Waals surface area (Å²) in [6.45, 7) is 39.9. The monoisotopic (exact) mass is 1810 g/mol. The van der Waals surface area contributed by atoms with Gasteiger partial charge in [0.2, 0.25) is 34.6 Å². The summed E-state index contributed by atoms with van der Waals surface area (Å²) in [7, 11) is -1.04. The SMILES string of the molecule is CC(C)(C)OC(=O)CCc1noc(C(=O)c2cc(C(C)(C)C)no2)c1Br.CC(C)(C)OC(=O)CCc1noc(C(=O)c2cc(C(C)(C)C)no2)c1C1CC1.CC(C)(C)c1cc(C(=O)c2onc(CCC(=O)O)c2C2CC2)on1.CC1CCCO1.Cc1ccc(CC(=O)CCc2noc(C(O)c3cc(C(C)(C)C)no3)c2C2CC2)c(Cl)c1.OB(O)C1CC1.[B].[H-].[Na+]. The molecule has 124 heavy (non-hydrogen) atoms. The van der Waals surface area contributed by atoms with Crippen molar-refractivity contribution in [1.82, 2.24) is 41.3 Å². The largest absolute Gasteiger partial charge is 1.00 e. The second kappa shape index (κ2) is 43.5. The summed E-state index contributed by atoms with van der Waals surface area (Å²) in [6, 6.07) is 12.4. The van der Waals surface area contributed by atoms with Crippen molar-refractivity contribution >= 4 is 84.1 Å². The van der Waals surface area contributed by atoms with E-state index in [4.69, 9.17) is 77.2 Å². The maximum absolute atomic E-state index is 12.9. The Morgan fingerprint density at radius 3 is 1.26 bits per heavy atom. The van der Waals surface area contributed by atoms with Crippen LogP contribution in [0.4, 0.5) is 0 Å². The number of esters is 2. The van der Waals surface area contributed by atoms with Crippen LogP contribution in [0.5, 0.6) is 0 Å². The molecule has 667 valence electrons. The number of hydrogen-bond acceptors (Lipinski definition) is 29. The van der Waals surface area contributed by atoms with Gasteiger partial charge in [0.05, 0.1) is 75.4 Å². The molecule has 1 aliphatic heterocycles. The third-order valence-electron chi connectivity index (χ3n) is 20.0. The Balaban J connectivity index is 0.000000245. The number of carboxylic acid groups (broad SMARTS) is 1. The van der Waals surface area contributed by atoms with Crippen molar-refractivity contribution < 1.29 is 135 Å². The molecule has 2 atom stereocenters. The van der Waals surface area contributed by atoms with E-state index in [2.05, 4.69) is 64.1 Å². The summed E-state index contributed by atoms with van der Waals surface area (Å²) in [4.78, 5) is 85.4. The number of hydrogen-bond donors (Lipinski definition) is 4. The maximum Gasteiger partial charge on any atom is 1.00 e. The van der Waals surface area contributed by atoms with Crippen LogP contribution in [-0.4, -0.2) is 142 Å². The normalized spacial score (nSPS) is 15.4. The van der Waals surface area contributed by atoms with E-state index >= 15 is 0 Å². The first-order chi connectivity index (χ1) is 56.9. The number of aliphatic carboxylic acids is 1. The van der Waals surface area contributed by atoms with Crippen molar-refractivity contribution in [2.24, 2.45) is 0 Å². The van der Waals surface area contributed by atoms with Crippen LogP contribution in [0.15, 0.2) is 83.1 Å². The molecule has 14 rings (SSSR count). The number of aliphatic hydroxyl groups is 1. The number of Topliss-reactive ketones (excluding diaryl/α,β-unsaturated/α-hetero) is 1. The van der Waals surface area contributed by atoms with Gasteiger partial charge in [-0.15, -0.1) is 0 Å². The molecule has 0 spiro atoms. The minimum Gasteiger partial charge on any atom is -1.00 e. The number of ether oxygens (including phenoxy) is 3. The molecule has 1 saturated heterocycles. The van der Waals surface area contributed by atoms with Gasteiger partial charge >= 0.3 is 54.6 Å². The van der Waals surface area contributed by atoms with E-state index in [1.54, 1.807) is 45.0 Å². The molecule has 4 aliphatic carbocycles. The van der Waals surface area contributed by atoms with Crippen molar-refractivity contribution in [3.8, 4) is 0 Å². The van der Waals surface area contributed by atoms with Crippen LogP contribution in [-0.2, 0) is 87.2 Å². The number of benzene rings is 1. The molecule has 3 radical (unpaired) electrons. The number of halogens is 2. The third-order valence-corrected chi connectivity index (χ3v) is 21.2. The summed E-state index contributed by atoms with van der Waals surface area (Å²) < 4.78 is 58.5. The zero-order valence-electron chi connectivity index (χ0n) is 76.3. The first-order valence-corrected chi connectivity index (χ1v) is 42.8. The summed E-state index contributed by atoms with van der Waals surface area (Å²) in [5, 5.41) is 69.0. The Hall–Kier alpha value is -8.27. The van der Waals surface area contributed by atoms with Crippen LogP contribution in [0, 0.1) is 6.92 Å². The zero-order chi connectivity index (χ0) is 89.9. The number of rotatable bonds is 26. The Bertz CT molecular complexity index is 5090. The van der Waals surface area contributed by atoms with Crippen LogP contribution < -0.4 is 29.6 Å². The molecule has 1 aromatic carbocycles. The summed E-state index contributed by atoms with van der Waals surface area (Å²) in [6.07, 6.45) is 12.2. The van der Waals surface area contributed by atoms with Crippen LogP contribution in [0.2, 0.25) is 10.8 Å². The molecule has 35 heteroatoms. The van der Waals surface area contributed by atoms with E-state index in [1.807, 2.05) is 129 Å². The molecule has 9 aromatic rings. The van der Waals surface area contributed by atoms with E-state index in [0.717, 1.165) is 97.2 Å². The van der Waals surface area contributed by atoms with Crippen LogP contribution in [0.25, 0.3) is 0 Å². The minimum absolute atomic E-state index is 0. The van der Waals surface area contributed by atoms with Crippen LogP contribution in [0.1, 0.15) is 381 Å². The molecule has 0 amide bonds. The van der Waals surface area contributed by atoms with Gasteiger partial charge < -0.3 is 72.1 Å². The topological polar surface area (TPSA) is 436 Å². The number of carbonyl (C=O) groups is 7. The van der Waals surface area contributed by atoms with Crippen molar-refractivity contribution in [1.29, 1.82) is 0 Å². The molecule has 0 bridgehead atoms. The molecule has 5 fully saturated rings. The van der Waals surface area contributed by atoms with Gasteiger partial charge in [0.25, 0.3) is 17.3 Å². The fraction of sp³-hybridized carbons (Fsp3) is 0.584. The average molecular weight is 1810 g/mol. The fourth-order valence-corrected chi connectivity index (χ4v) is 13.3. The molecule has 30 nitrogen and oxygen atoms in total. The number of ketones is 4. The van der Waals surface area contributed by atoms with Crippen LogP contribution in [0.3, 0.4) is 0 Å². The summed E-state index contributed by atoms with van der Waals surface area (Å²) in [5.74, 6) is -0.289. The third kappa shape index (κ3) is 30.5. The van der Waals surface area contributed by atoms with Gasteiger partial charge in [0.15, 0.2) is 17.6 Å². The van der Waals surface area contributed by atoms with Gasteiger partial charge in [-0.3, -0.25) is 33.6 Å². The molecular formula is C89H118B2BrClN8NaO22. The smallest absolute Gasteiger partial charge is 1.00 e. The predicted octanol–water partition coefficient (Wildman–Crippen LogP) is 14.8. The van der Waals surface area contributed by atoms with E-state index in [9.17, 15) is 38.7 Å². The maximum atomic E-state index is 12.9. The molecule has 9 heterocycles. The standard InChI is InChI=1S/C25H29ClN2O4.C21H28N2O5.C18H23BrN2O5.C17H20N2O5.C5H10O.C3H7BO2.B.Na.H/c1-14-5-6-16(18(26)11-14)12-17(29)9-10-19-22(15-7-8-15)24(32-27-19)23(30)20-13-21(28-31-20)25(2,3)4;1-20(2,3)15-11-14(27-23-15)18(25)19-17(12-7-8-12)13(22-28-19)9-10-16(24)26-21(4,5)6;1-17(2,3)12-9-11(25-21-12)15(23)16-14(19)10(20-26-16)7-8-13(22)24-18(4,5)6;1-17(2,3)12-8-11(23-19-12)15(22)16-14(9-4-5-9)10(18-24-16)6-7-13(20)21;1-5-3-2-4-6-5;5-4(6)3-1-2-3;;;/h5-6,11,13,15,23,30H,7-10,12H2,1-4H3;11-12H,7-10H2,1-6H3;9H,7-8H2,1-6H3;8-9H,4-7H2,1-3H3,(H,20,21);5H,2-4H2,1H3;3,5-6H,1-2H2;;;/q;;;;;;;+1;-1. The Labute approximate surface area is 762 Å². The van der Waals surface area contributed by atoms with Gasteiger partial charge in [0, 0.05) is 121 Å². The van der Waals surface area contributed by atoms with Gasteiger partial charge in [-0.2, -0.15) is 0 Å². The van der Waals surface area contributed by atoms with Crippen molar-refractivity contribution in [2.75, 3.05) is 6.61 Å². The van der Waals surface area contributed by atoms with Gasteiger partial charge in [0.1, 0.15) is 17.0 Å². The molecule has 4 saturated carbocycles. The number of aliphatic hydroxyl groups excluding tert-OH is 1. The first-order valence-electron chi connectivity index (χ1n) is 41.6. The van der Waals surface area contributed by atoms with Gasteiger partial charge in [-0.25, -0.2) is 0 Å². The fourth-order valence-electron chi connectivity index (χ4n) is 12.5. The first kappa shape index (κ1) is 103. The van der Waals surface area contributed by atoms with Crippen molar-refractivity contribution in [3.63, 3.8) is 0 Å². The van der Waals surface area contributed by atoms with Crippen LogP contribution >= 0.6 is 27.5 Å². The minimum atomic E-state index is -1.07. The van der Waals surface area contributed by atoms with E-state index in [0.29, 0.717) is 92.9 Å².